The molecule has 0 bridgehead atoms. The third-order valence-electron chi connectivity index (χ3n) is 9.89. The highest BCUT2D eigenvalue weighted by Crippen LogP contribution is 2.47. The molecule has 3 aromatic carbocycles. The Morgan fingerprint density at radius 1 is 0.849 bits per heavy atom. The number of rotatable bonds is 10. The van der Waals surface area contributed by atoms with Gasteiger partial charge in [-0.2, -0.15) is 26.3 Å². The van der Waals surface area contributed by atoms with Crippen molar-refractivity contribution < 1.29 is 44.6 Å². The molecule has 0 aliphatic carbocycles. The van der Waals surface area contributed by atoms with Crippen LogP contribution in [0, 0.1) is 5.82 Å². The number of likely N-dealkylation sites (tertiary alicyclic amines) is 1. The predicted octanol–water partition coefficient (Wildman–Crippen LogP) is 8.60. The van der Waals surface area contributed by atoms with Gasteiger partial charge < -0.3 is 29.4 Å². The molecule has 1 aromatic heterocycles. The van der Waals surface area contributed by atoms with Crippen LogP contribution in [-0.4, -0.2) is 46.6 Å². The van der Waals surface area contributed by atoms with Crippen molar-refractivity contribution in [3.8, 4) is 5.75 Å². The van der Waals surface area contributed by atoms with Crippen molar-refractivity contribution in [3.63, 3.8) is 0 Å². The number of hydrogen-bond acceptors (Lipinski definition) is 7. The van der Waals surface area contributed by atoms with Crippen LogP contribution in [0.25, 0.3) is 0 Å². The average molecular weight is 743 g/mol. The van der Waals surface area contributed by atoms with Gasteiger partial charge in [0.2, 0.25) is 5.76 Å². The number of nitrogens with two attached hydrogens (primary N) is 1. The number of benzene rings is 3. The van der Waals surface area contributed by atoms with Crippen LogP contribution in [0.3, 0.4) is 0 Å². The minimum absolute atomic E-state index is 0.102. The molecule has 1 saturated heterocycles. The molecule has 3 aliphatic heterocycles. The molecule has 3 aliphatic rings. The molecule has 7 rings (SSSR count). The second kappa shape index (κ2) is 14.5. The molecule has 53 heavy (non-hydrogen) atoms. The minimum Gasteiger partial charge on any atom is -0.489 e. The van der Waals surface area contributed by atoms with Crippen LogP contribution in [0.5, 0.6) is 5.75 Å². The lowest BCUT2D eigenvalue weighted by Crippen LogP contribution is -2.49. The first-order valence-electron chi connectivity index (χ1n) is 17.1. The lowest BCUT2D eigenvalue weighted by atomic mass is 9.83. The summed E-state index contributed by atoms with van der Waals surface area (Å²) in [5, 5.41) is 0. The summed E-state index contributed by atoms with van der Waals surface area (Å²) in [6.45, 7) is 1.41. The topological polar surface area (TPSA) is 67.3 Å². The van der Waals surface area contributed by atoms with Crippen molar-refractivity contribution in [3.05, 3.63) is 148 Å². The summed E-state index contributed by atoms with van der Waals surface area (Å²) in [5.74, 6) is -1.22. The first-order valence-corrected chi connectivity index (χ1v) is 17.1. The fourth-order valence-electron chi connectivity index (χ4n) is 7.13. The van der Waals surface area contributed by atoms with E-state index in [0.717, 1.165) is 41.0 Å². The maximum Gasteiger partial charge on any atom is 0.449 e. The van der Waals surface area contributed by atoms with Crippen LogP contribution in [0.1, 0.15) is 52.7 Å². The molecule has 0 amide bonds. The van der Waals surface area contributed by atoms with Crippen LogP contribution < -0.4 is 10.5 Å². The second-order valence-corrected chi connectivity index (χ2v) is 13.5. The standard InChI is InChI=1S/C39H37F7N4O3/c40-33-11-5-10-31(38(41,42)43)30(33)20-50-25-49(22-34(47)27-8-4-9-28(18-27)51-23-26-6-2-1-3-7-26)21-32-35(50)24-52-37(32)14-16-48(17-15-37)19-29-12-13-36(53-29)39(44,45)46/h1-13,18,21,24,34H,14-17,19-20,22-23,25,47H2. The normalized spacial score (nSPS) is 18.0. The summed E-state index contributed by atoms with van der Waals surface area (Å²) < 4.78 is 114. The van der Waals surface area contributed by atoms with E-state index in [2.05, 4.69) is 0 Å². The van der Waals surface area contributed by atoms with Crippen LogP contribution in [-0.2, 0) is 36.8 Å². The third kappa shape index (κ3) is 8.03. The molecule has 1 spiro atoms. The van der Waals surface area contributed by atoms with Gasteiger partial charge in [0.05, 0.1) is 24.5 Å². The van der Waals surface area contributed by atoms with Crippen molar-refractivity contribution in [2.24, 2.45) is 5.73 Å². The lowest BCUT2D eigenvalue weighted by Gasteiger charge is -2.44. The molecule has 280 valence electrons. The van der Waals surface area contributed by atoms with Crippen molar-refractivity contribution in [1.82, 2.24) is 14.7 Å². The monoisotopic (exact) mass is 742 g/mol. The Morgan fingerprint density at radius 2 is 1.60 bits per heavy atom. The molecular formula is C39H37F7N4O3. The number of halogens is 7. The highest BCUT2D eigenvalue weighted by Gasteiger charge is 2.48. The Morgan fingerprint density at radius 3 is 2.32 bits per heavy atom. The quantitative estimate of drug-likeness (QED) is 0.163. The van der Waals surface area contributed by atoms with Crippen molar-refractivity contribution in [2.75, 3.05) is 26.3 Å². The maximum atomic E-state index is 15.1. The van der Waals surface area contributed by atoms with Gasteiger partial charge in [-0.3, -0.25) is 4.90 Å². The molecule has 1 fully saturated rings. The summed E-state index contributed by atoms with van der Waals surface area (Å²) in [7, 11) is 0. The SMILES string of the molecule is NC(CN1C=C2C(=COC23CCN(Cc2ccc(C(F)(F)F)o2)CC3)N(Cc2c(F)cccc2C(F)(F)F)C1)c1cccc(OCc2ccccc2)c1. The van der Waals surface area contributed by atoms with Gasteiger partial charge in [-0.05, 0) is 47.5 Å². The van der Waals surface area contributed by atoms with E-state index < -0.39 is 46.7 Å². The van der Waals surface area contributed by atoms with Crippen molar-refractivity contribution in [1.29, 1.82) is 0 Å². The first kappa shape index (κ1) is 36.4. The Labute approximate surface area is 301 Å². The molecule has 14 heteroatoms. The fraction of sp³-hybridized carbons (Fsp3) is 0.333. The van der Waals surface area contributed by atoms with Gasteiger partial charge in [0.25, 0.3) is 0 Å². The largest absolute Gasteiger partial charge is 0.489 e. The van der Waals surface area contributed by atoms with E-state index in [1.54, 1.807) is 4.90 Å². The van der Waals surface area contributed by atoms with Crippen LogP contribution in [0.4, 0.5) is 30.7 Å². The van der Waals surface area contributed by atoms with Gasteiger partial charge in [0, 0.05) is 62.4 Å². The summed E-state index contributed by atoms with van der Waals surface area (Å²) in [4.78, 5) is 5.52. The van der Waals surface area contributed by atoms with Crippen molar-refractivity contribution >= 4 is 0 Å². The van der Waals surface area contributed by atoms with E-state index in [-0.39, 0.29) is 32.1 Å². The average Bonchev–Trinajstić information content (AvgIpc) is 3.75. The molecule has 0 radical (unpaired) electrons. The highest BCUT2D eigenvalue weighted by molar-refractivity contribution is 5.44. The van der Waals surface area contributed by atoms with Gasteiger partial charge >= 0.3 is 12.4 Å². The number of fused-ring (bicyclic) bond motifs is 2. The van der Waals surface area contributed by atoms with E-state index in [9.17, 15) is 26.3 Å². The van der Waals surface area contributed by atoms with Gasteiger partial charge in [-0.1, -0.05) is 48.5 Å². The first-order chi connectivity index (χ1) is 25.3. The number of hydrogen-bond donors (Lipinski definition) is 1. The van der Waals surface area contributed by atoms with Crippen LogP contribution in [0.15, 0.2) is 113 Å². The molecule has 1 atom stereocenters. The number of ether oxygens (including phenoxy) is 2. The van der Waals surface area contributed by atoms with Crippen LogP contribution in [0.2, 0.25) is 0 Å². The molecule has 4 heterocycles. The smallest absolute Gasteiger partial charge is 0.449 e. The molecule has 1 unspecified atom stereocenters. The molecule has 7 nitrogen and oxygen atoms in total. The van der Waals surface area contributed by atoms with Gasteiger partial charge in [0.1, 0.15) is 35.8 Å². The summed E-state index contributed by atoms with van der Waals surface area (Å²) in [5.41, 5.74) is 7.39. The second-order valence-electron chi connectivity index (χ2n) is 13.5. The third-order valence-corrected chi connectivity index (χ3v) is 9.89. The van der Waals surface area contributed by atoms with E-state index >= 15 is 4.39 Å². The number of alkyl halides is 6. The van der Waals surface area contributed by atoms with E-state index in [1.165, 1.54) is 12.3 Å². The zero-order chi connectivity index (χ0) is 37.4. The summed E-state index contributed by atoms with van der Waals surface area (Å²) in [6, 6.07) is 21.7. The summed E-state index contributed by atoms with van der Waals surface area (Å²) >= 11 is 0. The number of nitrogens with zero attached hydrogens (tertiary/aromatic N) is 3. The Balaban J connectivity index is 1.12. The molecule has 4 aromatic rings. The molecular weight excluding hydrogens is 705 g/mol. The highest BCUT2D eigenvalue weighted by atomic mass is 19.4. The van der Waals surface area contributed by atoms with Gasteiger partial charge in [0.15, 0.2) is 0 Å². The van der Waals surface area contributed by atoms with E-state index in [0.29, 0.717) is 44.0 Å². The Hall–Kier alpha value is -4.95. The zero-order valence-corrected chi connectivity index (χ0v) is 28.5. The predicted molar refractivity (Wildman–Crippen MR) is 181 cm³/mol. The summed E-state index contributed by atoms with van der Waals surface area (Å²) in [6.07, 6.45) is -5.05. The Kier molecular flexibility index (Phi) is 9.94. The lowest BCUT2D eigenvalue weighted by molar-refractivity contribution is -0.153. The minimum atomic E-state index is -4.77. The number of furan rings is 1. The van der Waals surface area contributed by atoms with Gasteiger partial charge in [-0.25, -0.2) is 4.39 Å². The van der Waals surface area contributed by atoms with E-state index in [4.69, 9.17) is 19.6 Å². The zero-order valence-electron chi connectivity index (χ0n) is 28.5. The van der Waals surface area contributed by atoms with Crippen molar-refractivity contribution in [2.45, 2.75) is 56.5 Å². The van der Waals surface area contributed by atoms with Crippen LogP contribution >= 0.6 is 0 Å². The van der Waals surface area contributed by atoms with E-state index in [1.807, 2.05) is 70.6 Å². The molecule has 2 N–H and O–H groups in total. The molecule has 0 saturated carbocycles. The fourth-order valence-corrected chi connectivity index (χ4v) is 7.13. The maximum absolute atomic E-state index is 15.1. The number of piperidine rings is 1. The van der Waals surface area contributed by atoms with Gasteiger partial charge in [-0.15, -0.1) is 0 Å². The Bertz CT molecular complexity index is 1970.